The summed E-state index contributed by atoms with van der Waals surface area (Å²) in [6.07, 6.45) is 3.00. The monoisotopic (exact) mass is 287 g/mol. The molecule has 1 atom stereocenters. The number of nitrogens with zero attached hydrogens (tertiary/aromatic N) is 2. The molecule has 1 N–H and O–H groups in total. The van der Waals surface area contributed by atoms with Gasteiger partial charge in [0.1, 0.15) is 0 Å². The van der Waals surface area contributed by atoms with Crippen molar-refractivity contribution in [3.63, 3.8) is 0 Å². The first-order valence-electron chi connectivity index (χ1n) is 8.11. The number of carbonyl (C=O) groups excluding carboxylic acids is 1. The summed E-state index contributed by atoms with van der Waals surface area (Å²) >= 11 is 0. The molecule has 0 saturated carbocycles. The van der Waals surface area contributed by atoms with Gasteiger partial charge in [-0.3, -0.25) is 4.79 Å². The van der Waals surface area contributed by atoms with Gasteiger partial charge < -0.3 is 15.1 Å². The van der Waals surface area contributed by atoms with Crippen LogP contribution in [0.1, 0.15) is 19.3 Å². The van der Waals surface area contributed by atoms with Crippen LogP contribution < -0.4 is 10.2 Å². The highest BCUT2D eigenvalue weighted by atomic mass is 16.2. The number of para-hydroxylation sites is 1. The number of benzene rings is 1. The zero-order valence-corrected chi connectivity index (χ0v) is 12.6. The van der Waals surface area contributed by atoms with E-state index in [-0.39, 0.29) is 0 Å². The van der Waals surface area contributed by atoms with Crippen LogP contribution in [-0.2, 0) is 4.79 Å². The van der Waals surface area contributed by atoms with Crippen LogP contribution in [0.2, 0.25) is 0 Å². The molecule has 4 heteroatoms. The van der Waals surface area contributed by atoms with Crippen molar-refractivity contribution >= 4 is 11.6 Å². The van der Waals surface area contributed by atoms with Crippen LogP contribution in [-0.4, -0.2) is 50.1 Å². The summed E-state index contributed by atoms with van der Waals surface area (Å²) in [6.45, 7) is 5.82. The molecule has 1 aromatic carbocycles. The van der Waals surface area contributed by atoms with Gasteiger partial charge in [0.15, 0.2) is 0 Å². The molecule has 2 aliphatic rings. The Balaban J connectivity index is 1.43. The van der Waals surface area contributed by atoms with Crippen molar-refractivity contribution in [3.8, 4) is 0 Å². The van der Waals surface area contributed by atoms with E-state index in [0.29, 0.717) is 11.8 Å². The van der Waals surface area contributed by atoms with Crippen LogP contribution in [0.5, 0.6) is 0 Å². The molecule has 0 bridgehead atoms. The summed E-state index contributed by atoms with van der Waals surface area (Å²) in [4.78, 5) is 16.7. The van der Waals surface area contributed by atoms with E-state index in [1.807, 2.05) is 11.0 Å². The SMILES string of the molecule is O=C(CCC1CCNC1)N1CCN(c2ccccc2)CC1. The third-order valence-electron chi connectivity index (χ3n) is 4.68. The molecule has 1 unspecified atom stereocenters. The molecule has 21 heavy (non-hydrogen) atoms. The Hall–Kier alpha value is -1.55. The van der Waals surface area contributed by atoms with E-state index < -0.39 is 0 Å². The standard InChI is InChI=1S/C17H25N3O/c21-17(7-6-15-8-9-18-14-15)20-12-10-19(11-13-20)16-4-2-1-3-5-16/h1-5,15,18H,6-14H2. The minimum atomic E-state index is 0.342. The van der Waals surface area contributed by atoms with Gasteiger partial charge in [-0.05, 0) is 44.0 Å². The summed E-state index contributed by atoms with van der Waals surface area (Å²) in [5.41, 5.74) is 1.27. The van der Waals surface area contributed by atoms with Gasteiger partial charge in [-0.1, -0.05) is 18.2 Å². The largest absolute Gasteiger partial charge is 0.368 e. The molecular weight excluding hydrogens is 262 g/mol. The molecule has 114 valence electrons. The van der Waals surface area contributed by atoms with Crippen molar-refractivity contribution < 1.29 is 4.79 Å². The van der Waals surface area contributed by atoms with Crippen molar-refractivity contribution in [1.29, 1.82) is 0 Å². The van der Waals surface area contributed by atoms with E-state index >= 15 is 0 Å². The Morgan fingerprint density at radius 3 is 2.57 bits per heavy atom. The molecule has 0 spiro atoms. The maximum Gasteiger partial charge on any atom is 0.222 e. The summed E-state index contributed by atoms with van der Waals surface area (Å²) in [5.74, 6) is 1.05. The van der Waals surface area contributed by atoms with Crippen LogP contribution >= 0.6 is 0 Å². The minimum absolute atomic E-state index is 0.342. The van der Waals surface area contributed by atoms with Gasteiger partial charge in [0.25, 0.3) is 0 Å². The van der Waals surface area contributed by atoms with Gasteiger partial charge in [-0.25, -0.2) is 0 Å². The van der Waals surface area contributed by atoms with Crippen molar-refractivity contribution in [1.82, 2.24) is 10.2 Å². The second-order valence-corrected chi connectivity index (χ2v) is 6.10. The topological polar surface area (TPSA) is 35.6 Å². The maximum absolute atomic E-state index is 12.3. The zero-order valence-electron chi connectivity index (χ0n) is 12.6. The number of rotatable bonds is 4. The molecule has 2 heterocycles. The number of amides is 1. The third-order valence-corrected chi connectivity index (χ3v) is 4.68. The smallest absolute Gasteiger partial charge is 0.222 e. The molecule has 1 amide bonds. The van der Waals surface area contributed by atoms with E-state index in [1.165, 1.54) is 12.1 Å². The summed E-state index contributed by atoms with van der Waals surface area (Å²) < 4.78 is 0. The fourth-order valence-corrected chi connectivity index (χ4v) is 3.30. The second kappa shape index (κ2) is 6.94. The van der Waals surface area contributed by atoms with Crippen molar-refractivity contribution in [2.75, 3.05) is 44.2 Å². The lowest BCUT2D eigenvalue weighted by atomic mass is 10.0. The highest BCUT2D eigenvalue weighted by Crippen LogP contribution is 2.18. The van der Waals surface area contributed by atoms with Crippen LogP contribution in [0.3, 0.4) is 0 Å². The normalized spacial score (nSPS) is 22.6. The van der Waals surface area contributed by atoms with Gasteiger partial charge in [0, 0.05) is 38.3 Å². The van der Waals surface area contributed by atoms with Crippen molar-refractivity contribution in [2.45, 2.75) is 19.3 Å². The number of hydrogen-bond donors (Lipinski definition) is 1. The third kappa shape index (κ3) is 3.76. The van der Waals surface area contributed by atoms with Gasteiger partial charge in [-0.15, -0.1) is 0 Å². The molecular formula is C17H25N3O. The molecule has 0 aliphatic carbocycles. The van der Waals surface area contributed by atoms with E-state index in [2.05, 4.69) is 34.5 Å². The van der Waals surface area contributed by atoms with Gasteiger partial charge >= 0.3 is 0 Å². The van der Waals surface area contributed by atoms with Gasteiger partial charge in [0.05, 0.1) is 0 Å². The number of anilines is 1. The Morgan fingerprint density at radius 2 is 1.90 bits per heavy atom. The van der Waals surface area contributed by atoms with Crippen LogP contribution in [0.25, 0.3) is 0 Å². The average Bonchev–Trinajstić information content (AvgIpc) is 3.07. The predicted octanol–water partition coefficient (Wildman–Crippen LogP) is 1.72. The second-order valence-electron chi connectivity index (χ2n) is 6.10. The predicted molar refractivity (Wildman–Crippen MR) is 85.4 cm³/mol. The molecule has 2 fully saturated rings. The lowest BCUT2D eigenvalue weighted by Gasteiger charge is -2.36. The highest BCUT2D eigenvalue weighted by Gasteiger charge is 2.22. The number of hydrogen-bond acceptors (Lipinski definition) is 3. The van der Waals surface area contributed by atoms with Crippen LogP contribution in [0.4, 0.5) is 5.69 Å². The van der Waals surface area contributed by atoms with Crippen molar-refractivity contribution in [2.24, 2.45) is 5.92 Å². The molecule has 0 radical (unpaired) electrons. The molecule has 2 saturated heterocycles. The Labute approximate surface area is 127 Å². The van der Waals surface area contributed by atoms with E-state index in [9.17, 15) is 4.79 Å². The first-order valence-corrected chi connectivity index (χ1v) is 8.11. The Kier molecular flexibility index (Phi) is 4.76. The minimum Gasteiger partial charge on any atom is -0.368 e. The highest BCUT2D eigenvalue weighted by molar-refractivity contribution is 5.76. The average molecular weight is 287 g/mol. The Bertz CT molecular complexity index is 448. The number of nitrogens with one attached hydrogen (secondary N) is 1. The maximum atomic E-state index is 12.3. The van der Waals surface area contributed by atoms with Gasteiger partial charge in [0.2, 0.25) is 5.91 Å². The first-order chi connectivity index (χ1) is 10.3. The lowest BCUT2D eigenvalue weighted by Crippen LogP contribution is -2.48. The summed E-state index contributed by atoms with van der Waals surface area (Å²) in [5, 5.41) is 3.37. The first kappa shape index (κ1) is 14.4. The molecule has 0 aromatic heterocycles. The molecule has 4 nitrogen and oxygen atoms in total. The van der Waals surface area contributed by atoms with E-state index in [0.717, 1.165) is 52.1 Å². The molecule has 1 aromatic rings. The van der Waals surface area contributed by atoms with E-state index in [4.69, 9.17) is 0 Å². The summed E-state index contributed by atoms with van der Waals surface area (Å²) in [7, 11) is 0. The fraction of sp³-hybridized carbons (Fsp3) is 0.588. The van der Waals surface area contributed by atoms with Crippen molar-refractivity contribution in [3.05, 3.63) is 30.3 Å². The quantitative estimate of drug-likeness (QED) is 0.916. The van der Waals surface area contributed by atoms with Crippen LogP contribution in [0.15, 0.2) is 30.3 Å². The zero-order chi connectivity index (χ0) is 14.5. The van der Waals surface area contributed by atoms with Crippen LogP contribution in [0, 0.1) is 5.92 Å². The number of carbonyl (C=O) groups is 1. The molecule has 2 aliphatic heterocycles. The lowest BCUT2D eigenvalue weighted by molar-refractivity contribution is -0.131. The summed E-state index contributed by atoms with van der Waals surface area (Å²) in [6, 6.07) is 10.5. The van der Waals surface area contributed by atoms with E-state index in [1.54, 1.807) is 0 Å². The Morgan fingerprint density at radius 1 is 1.14 bits per heavy atom. The molecule has 3 rings (SSSR count). The van der Waals surface area contributed by atoms with Gasteiger partial charge in [-0.2, -0.15) is 0 Å². The number of piperazine rings is 1. The fourth-order valence-electron chi connectivity index (χ4n) is 3.30.